The number of pyridine rings is 1. The average molecular weight is 372 g/mol. The second-order valence-corrected chi connectivity index (χ2v) is 5.40. The fourth-order valence-electron chi connectivity index (χ4n) is 2.10. The number of amides is 3. The van der Waals surface area contributed by atoms with E-state index in [0.717, 1.165) is 0 Å². The molecule has 0 saturated carbocycles. The summed E-state index contributed by atoms with van der Waals surface area (Å²) >= 11 is 0. The second kappa shape index (κ2) is 9.76. The zero-order chi connectivity index (χ0) is 19.6. The molecule has 1 aromatic heterocycles. The highest BCUT2D eigenvalue weighted by atomic mass is 16.5. The van der Waals surface area contributed by atoms with Gasteiger partial charge >= 0.3 is 0 Å². The van der Waals surface area contributed by atoms with E-state index in [9.17, 15) is 19.2 Å². The zero-order valence-electron chi connectivity index (χ0n) is 14.7. The van der Waals surface area contributed by atoms with Crippen LogP contribution in [-0.4, -0.2) is 35.4 Å². The summed E-state index contributed by atoms with van der Waals surface area (Å²) in [6.45, 7) is 1.82. The van der Waals surface area contributed by atoms with Gasteiger partial charge in [-0.3, -0.25) is 30.0 Å². The molecule has 0 spiro atoms. The minimum absolute atomic E-state index is 0.238. The van der Waals surface area contributed by atoms with Crippen molar-refractivity contribution in [3.8, 4) is 5.75 Å². The van der Waals surface area contributed by atoms with Crippen LogP contribution in [0.5, 0.6) is 5.75 Å². The predicted molar refractivity (Wildman–Crippen MR) is 96.9 cm³/mol. The van der Waals surface area contributed by atoms with Crippen molar-refractivity contribution in [3.63, 3.8) is 0 Å². The van der Waals surface area contributed by atoms with Crippen molar-refractivity contribution in [1.29, 1.82) is 0 Å². The van der Waals surface area contributed by atoms with Crippen LogP contribution >= 0.6 is 0 Å². The van der Waals surface area contributed by atoms with Crippen LogP contribution < -0.4 is 26.5 Å². The minimum Gasteiger partial charge on any atom is -0.494 e. The highest BCUT2D eigenvalue weighted by Crippen LogP contribution is 2.11. The van der Waals surface area contributed by atoms with Gasteiger partial charge in [-0.15, -0.1) is 0 Å². The van der Waals surface area contributed by atoms with E-state index in [1.807, 2.05) is 6.92 Å². The van der Waals surface area contributed by atoms with Crippen molar-refractivity contribution in [1.82, 2.24) is 20.7 Å². The first kappa shape index (κ1) is 19.7. The van der Waals surface area contributed by atoms with Crippen LogP contribution in [0.4, 0.5) is 0 Å². The fraction of sp³-hybridized carbons (Fsp3) is 0.222. The number of nitrogens with zero attached hydrogens (tertiary/aromatic N) is 1. The highest BCUT2D eigenvalue weighted by Gasteiger charge is 2.09. The third-order valence-corrected chi connectivity index (χ3v) is 3.39. The molecule has 3 amide bonds. The van der Waals surface area contributed by atoms with E-state index in [-0.39, 0.29) is 18.6 Å². The van der Waals surface area contributed by atoms with Crippen LogP contribution in [0.15, 0.2) is 53.5 Å². The van der Waals surface area contributed by atoms with Crippen LogP contribution in [0.1, 0.15) is 17.3 Å². The molecule has 1 aromatic carbocycles. The quantitative estimate of drug-likeness (QED) is 0.583. The molecule has 27 heavy (non-hydrogen) atoms. The Morgan fingerprint density at radius 1 is 1.00 bits per heavy atom. The summed E-state index contributed by atoms with van der Waals surface area (Å²) in [5.74, 6) is -0.972. The highest BCUT2D eigenvalue weighted by molar-refractivity contribution is 5.96. The number of ether oxygens (including phenoxy) is 1. The molecular formula is C18H20N4O5. The lowest BCUT2D eigenvalue weighted by Gasteiger charge is -2.09. The molecule has 2 aromatic rings. The van der Waals surface area contributed by atoms with E-state index in [1.54, 1.807) is 36.4 Å². The smallest absolute Gasteiger partial charge is 0.258 e. The van der Waals surface area contributed by atoms with Gasteiger partial charge in [-0.25, -0.2) is 0 Å². The first-order valence-corrected chi connectivity index (χ1v) is 8.24. The Bertz CT molecular complexity index is 861. The van der Waals surface area contributed by atoms with Crippen LogP contribution in [0.2, 0.25) is 0 Å². The lowest BCUT2D eigenvalue weighted by Crippen LogP contribution is -2.47. The van der Waals surface area contributed by atoms with E-state index in [1.165, 1.54) is 16.8 Å². The third-order valence-electron chi connectivity index (χ3n) is 3.39. The monoisotopic (exact) mass is 372 g/mol. The maximum atomic E-state index is 12.0. The fourth-order valence-corrected chi connectivity index (χ4v) is 2.10. The Morgan fingerprint density at radius 2 is 1.70 bits per heavy atom. The lowest BCUT2D eigenvalue weighted by atomic mass is 10.2. The van der Waals surface area contributed by atoms with Crippen LogP contribution in [0.25, 0.3) is 0 Å². The maximum absolute atomic E-state index is 12.0. The van der Waals surface area contributed by atoms with E-state index in [2.05, 4.69) is 16.2 Å². The Balaban J connectivity index is 1.73. The first-order valence-electron chi connectivity index (χ1n) is 8.24. The minimum atomic E-state index is -0.608. The van der Waals surface area contributed by atoms with E-state index in [0.29, 0.717) is 17.9 Å². The summed E-state index contributed by atoms with van der Waals surface area (Å²) < 4.78 is 6.48. The molecule has 9 nitrogen and oxygen atoms in total. The van der Waals surface area contributed by atoms with Gasteiger partial charge < -0.3 is 14.6 Å². The standard InChI is InChI=1S/C18H20N4O5/c1-2-27-14-8-6-13(7-9-14)18(26)19-11-15(23)20-21-16(24)12-22-10-4-3-5-17(22)25/h3-10H,2,11-12H2,1H3,(H,19,26)(H,20,23)(H,21,24). The summed E-state index contributed by atoms with van der Waals surface area (Å²) in [6, 6.07) is 11.0. The van der Waals surface area contributed by atoms with Crippen molar-refractivity contribution >= 4 is 17.7 Å². The van der Waals surface area contributed by atoms with E-state index in [4.69, 9.17) is 4.74 Å². The molecule has 0 aliphatic heterocycles. The SMILES string of the molecule is CCOc1ccc(C(=O)NCC(=O)NNC(=O)Cn2ccccc2=O)cc1. The van der Waals surface area contributed by atoms with Gasteiger partial charge in [-0.1, -0.05) is 6.07 Å². The third kappa shape index (κ3) is 6.31. The van der Waals surface area contributed by atoms with Gasteiger partial charge in [0.15, 0.2) is 0 Å². The predicted octanol–water partition coefficient (Wildman–Crippen LogP) is -0.176. The van der Waals surface area contributed by atoms with Crippen LogP contribution in [-0.2, 0) is 16.1 Å². The summed E-state index contributed by atoms with van der Waals surface area (Å²) in [6.07, 6.45) is 1.46. The van der Waals surface area contributed by atoms with Crippen molar-refractivity contribution in [2.75, 3.05) is 13.2 Å². The van der Waals surface area contributed by atoms with Crippen molar-refractivity contribution in [3.05, 3.63) is 64.6 Å². The van der Waals surface area contributed by atoms with E-state index < -0.39 is 17.7 Å². The molecule has 0 saturated heterocycles. The molecule has 0 unspecified atom stereocenters. The molecule has 9 heteroatoms. The van der Waals surface area contributed by atoms with Gasteiger partial charge in [0.2, 0.25) is 0 Å². The molecule has 1 heterocycles. The van der Waals surface area contributed by atoms with Gasteiger partial charge in [0, 0.05) is 17.8 Å². The molecular weight excluding hydrogens is 352 g/mol. The number of benzene rings is 1. The van der Waals surface area contributed by atoms with Crippen molar-refractivity contribution in [2.45, 2.75) is 13.5 Å². The summed E-state index contributed by atoms with van der Waals surface area (Å²) in [4.78, 5) is 46.9. The maximum Gasteiger partial charge on any atom is 0.258 e. The first-order chi connectivity index (χ1) is 13.0. The number of rotatable bonds is 7. The summed E-state index contributed by atoms with van der Waals surface area (Å²) in [5.41, 5.74) is 4.39. The number of hydrogen-bond acceptors (Lipinski definition) is 5. The normalized spacial score (nSPS) is 9.96. The Morgan fingerprint density at radius 3 is 2.37 bits per heavy atom. The van der Waals surface area contributed by atoms with Crippen LogP contribution in [0.3, 0.4) is 0 Å². The van der Waals surface area contributed by atoms with E-state index >= 15 is 0 Å². The number of carbonyl (C=O) groups excluding carboxylic acids is 3. The number of aromatic nitrogens is 1. The number of carbonyl (C=O) groups is 3. The molecule has 3 N–H and O–H groups in total. The van der Waals surface area contributed by atoms with Gasteiger partial charge in [0.1, 0.15) is 12.3 Å². The average Bonchev–Trinajstić information content (AvgIpc) is 2.67. The summed E-state index contributed by atoms with van der Waals surface area (Å²) in [7, 11) is 0. The molecule has 0 aliphatic rings. The Labute approximate surface area is 155 Å². The Kier molecular flexibility index (Phi) is 7.12. The van der Waals surface area contributed by atoms with Crippen molar-refractivity contribution in [2.24, 2.45) is 0 Å². The topological polar surface area (TPSA) is 119 Å². The van der Waals surface area contributed by atoms with Crippen molar-refractivity contribution < 1.29 is 19.1 Å². The zero-order valence-corrected chi connectivity index (χ0v) is 14.7. The molecule has 142 valence electrons. The summed E-state index contributed by atoms with van der Waals surface area (Å²) in [5, 5.41) is 2.43. The molecule has 0 aliphatic carbocycles. The van der Waals surface area contributed by atoms with Gasteiger partial charge in [0.25, 0.3) is 23.3 Å². The largest absolute Gasteiger partial charge is 0.494 e. The number of hydrogen-bond donors (Lipinski definition) is 3. The van der Waals surface area contributed by atoms with Gasteiger partial charge in [-0.05, 0) is 37.3 Å². The number of hydrazine groups is 1. The van der Waals surface area contributed by atoms with Crippen LogP contribution in [0, 0.1) is 0 Å². The molecule has 0 atom stereocenters. The Hall–Kier alpha value is -3.62. The number of nitrogens with one attached hydrogen (secondary N) is 3. The lowest BCUT2D eigenvalue weighted by molar-refractivity contribution is -0.128. The van der Waals surface area contributed by atoms with Gasteiger partial charge in [0.05, 0.1) is 13.2 Å². The molecule has 0 fully saturated rings. The molecule has 0 bridgehead atoms. The molecule has 2 rings (SSSR count). The molecule has 0 radical (unpaired) electrons. The second-order valence-electron chi connectivity index (χ2n) is 5.40. The van der Waals surface area contributed by atoms with Gasteiger partial charge in [-0.2, -0.15) is 0 Å².